The smallest absolute Gasteiger partial charge is 0.573 e. The van der Waals surface area contributed by atoms with Crippen molar-refractivity contribution in [3.63, 3.8) is 0 Å². The molecular weight excluding hydrogens is 605 g/mol. The van der Waals surface area contributed by atoms with E-state index in [4.69, 9.17) is 4.18 Å². The molecule has 0 N–H and O–H groups in total. The maximum atomic E-state index is 14.2. The van der Waals surface area contributed by atoms with Crippen LogP contribution in [0.2, 0.25) is 0 Å². The summed E-state index contributed by atoms with van der Waals surface area (Å²) in [4.78, 5) is -1.18. The Balaban J connectivity index is 1.64. The fraction of sp³-hybridized carbons (Fsp3) is 0.613. The molecule has 43 heavy (non-hydrogen) atoms. The van der Waals surface area contributed by atoms with E-state index in [0.29, 0.717) is 29.2 Å². The Labute approximate surface area is 252 Å². The fourth-order valence-corrected chi connectivity index (χ4v) is 9.26. The van der Waals surface area contributed by atoms with Gasteiger partial charge in [0.15, 0.2) is 5.75 Å². The molecule has 0 radical (unpaired) electrons. The summed E-state index contributed by atoms with van der Waals surface area (Å²) in [6, 6.07) is 6.01. The van der Waals surface area contributed by atoms with Gasteiger partial charge in [0.05, 0.1) is 4.90 Å². The highest BCUT2D eigenvalue weighted by molar-refractivity contribution is 7.87. The molecule has 2 aromatic carbocycles. The van der Waals surface area contributed by atoms with Gasteiger partial charge in [-0.3, -0.25) is 0 Å². The van der Waals surface area contributed by atoms with Gasteiger partial charge in [-0.2, -0.15) is 8.42 Å². The first kappa shape index (κ1) is 32.1. The van der Waals surface area contributed by atoms with Gasteiger partial charge < -0.3 is 13.5 Å². The molecule has 3 aliphatic rings. The van der Waals surface area contributed by atoms with Gasteiger partial charge in [0, 0.05) is 6.07 Å². The van der Waals surface area contributed by atoms with Crippen LogP contribution in [0.5, 0.6) is 11.5 Å². The number of hydrogen-bond donors (Lipinski definition) is 0. The van der Waals surface area contributed by atoms with E-state index in [2.05, 4.69) is 4.74 Å². The zero-order valence-corrected chi connectivity index (χ0v) is 25.7. The third-order valence-electron chi connectivity index (χ3n) is 9.20. The van der Waals surface area contributed by atoms with Crippen molar-refractivity contribution in [1.82, 2.24) is 0 Å². The van der Waals surface area contributed by atoms with Gasteiger partial charge in [-0.15, -0.1) is 13.2 Å². The highest BCUT2D eigenvalue weighted by Gasteiger charge is 2.36. The lowest BCUT2D eigenvalue weighted by atomic mass is 9.76. The number of hydrogen-bond acceptors (Lipinski definition) is 7. The highest BCUT2D eigenvalue weighted by atomic mass is 32.2. The van der Waals surface area contributed by atoms with Crippen LogP contribution in [0.4, 0.5) is 13.2 Å². The number of ether oxygens (including phenoxy) is 1. The van der Waals surface area contributed by atoms with Crippen molar-refractivity contribution in [3.8, 4) is 11.5 Å². The molecule has 3 saturated carbocycles. The maximum Gasteiger partial charge on any atom is 0.573 e. The molecule has 0 unspecified atom stereocenters. The Hall–Kier alpha value is -2.31. The number of halogens is 3. The van der Waals surface area contributed by atoms with Gasteiger partial charge in [-0.05, 0) is 85.1 Å². The molecule has 3 fully saturated rings. The summed E-state index contributed by atoms with van der Waals surface area (Å²) in [6.07, 6.45) is 9.59. The Morgan fingerprint density at radius 2 is 1.14 bits per heavy atom. The van der Waals surface area contributed by atoms with Crippen molar-refractivity contribution in [2.45, 2.75) is 130 Å². The third kappa shape index (κ3) is 7.86. The van der Waals surface area contributed by atoms with Crippen LogP contribution in [0, 0.1) is 0 Å². The number of benzene rings is 2. The minimum Gasteiger partial charge on any atom is -0.744 e. The predicted octanol–water partition coefficient (Wildman–Crippen LogP) is 8.40. The van der Waals surface area contributed by atoms with Crippen LogP contribution in [0.25, 0.3) is 0 Å². The van der Waals surface area contributed by atoms with Crippen molar-refractivity contribution < 1.29 is 43.5 Å². The van der Waals surface area contributed by atoms with Crippen molar-refractivity contribution in [3.05, 3.63) is 47.0 Å². The Morgan fingerprint density at radius 1 is 0.674 bits per heavy atom. The van der Waals surface area contributed by atoms with E-state index in [-0.39, 0.29) is 16.7 Å². The summed E-state index contributed by atoms with van der Waals surface area (Å²) in [5, 5.41) is 0. The minimum absolute atomic E-state index is 0.00473. The van der Waals surface area contributed by atoms with Gasteiger partial charge in [0.1, 0.15) is 20.8 Å². The van der Waals surface area contributed by atoms with E-state index in [1.54, 1.807) is 0 Å². The Bertz CT molecular complexity index is 1460. The zero-order valence-electron chi connectivity index (χ0n) is 24.0. The summed E-state index contributed by atoms with van der Waals surface area (Å²) in [5.41, 5.74) is 2.59. The topological polar surface area (TPSA) is 110 Å². The van der Waals surface area contributed by atoms with Gasteiger partial charge >= 0.3 is 16.5 Å². The van der Waals surface area contributed by atoms with Gasteiger partial charge in [-0.25, -0.2) is 8.42 Å². The van der Waals surface area contributed by atoms with Crippen molar-refractivity contribution in [1.29, 1.82) is 0 Å². The molecule has 0 saturated heterocycles. The lowest BCUT2D eigenvalue weighted by molar-refractivity contribution is -0.275. The van der Waals surface area contributed by atoms with Crippen LogP contribution in [0.3, 0.4) is 0 Å². The molecule has 7 nitrogen and oxygen atoms in total. The molecule has 0 bridgehead atoms. The lowest BCUT2D eigenvalue weighted by Gasteiger charge is -2.32. The van der Waals surface area contributed by atoms with Gasteiger partial charge in [-0.1, -0.05) is 69.9 Å². The first-order valence-corrected chi connectivity index (χ1v) is 18.1. The molecule has 0 heterocycles. The molecule has 238 valence electrons. The Kier molecular flexibility index (Phi) is 9.68. The normalized spacial score (nSPS) is 20.2. The standard InChI is InChI=1S/C31H39F3O7S2/c32-31(33,34)40-28-20-25(16-17-29(28)42(35,36)37)41-43(38,39)30-26(22-12-6-2-7-13-22)18-24(21-10-4-1-5-11-21)19-27(30)23-14-8-3-9-15-23/h16-23H,1-15H2,(H,35,36,37)/p-1. The second-order valence-corrected chi connectivity index (χ2v) is 15.0. The van der Waals surface area contributed by atoms with Gasteiger partial charge in [0.2, 0.25) is 0 Å². The number of rotatable bonds is 8. The molecular formula is C31H38F3O7S2-. The van der Waals surface area contributed by atoms with E-state index in [9.17, 15) is 34.6 Å². The molecule has 2 aromatic rings. The van der Waals surface area contributed by atoms with Crippen molar-refractivity contribution in [2.75, 3.05) is 0 Å². The summed E-state index contributed by atoms with van der Waals surface area (Å²) in [7, 11) is -9.95. The average Bonchev–Trinajstić information content (AvgIpc) is 2.96. The van der Waals surface area contributed by atoms with Crippen LogP contribution in [-0.2, 0) is 20.2 Å². The fourth-order valence-electron chi connectivity index (χ4n) is 7.21. The van der Waals surface area contributed by atoms with E-state index in [0.717, 1.165) is 102 Å². The van der Waals surface area contributed by atoms with Gasteiger partial charge in [0.25, 0.3) is 0 Å². The van der Waals surface area contributed by atoms with Crippen LogP contribution in [0.1, 0.15) is 131 Å². The molecule has 3 aliphatic carbocycles. The summed E-state index contributed by atoms with van der Waals surface area (Å²) in [5.74, 6) is -1.56. The maximum absolute atomic E-state index is 14.2. The van der Waals surface area contributed by atoms with Crippen LogP contribution in [-0.4, -0.2) is 27.8 Å². The average molecular weight is 644 g/mol. The van der Waals surface area contributed by atoms with E-state index >= 15 is 0 Å². The summed E-state index contributed by atoms with van der Waals surface area (Å²) in [6.45, 7) is 0. The van der Waals surface area contributed by atoms with Crippen LogP contribution in [0.15, 0.2) is 40.1 Å². The first-order valence-electron chi connectivity index (χ1n) is 15.3. The Morgan fingerprint density at radius 3 is 1.58 bits per heavy atom. The molecule has 0 spiro atoms. The summed E-state index contributed by atoms with van der Waals surface area (Å²) < 4.78 is 112. The predicted molar refractivity (Wildman–Crippen MR) is 153 cm³/mol. The molecule has 0 aromatic heterocycles. The highest BCUT2D eigenvalue weighted by Crippen LogP contribution is 2.46. The quantitative estimate of drug-likeness (QED) is 0.210. The second-order valence-electron chi connectivity index (χ2n) is 12.2. The molecule has 0 atom stereocenters. The number of alkyl halides is 3. The largest absolute Gasteiger partial charge is 0.744 e. The molecule has 0 amide bonds. The summed E-state index contributed by atoms with van der Waals surface area (Å²) >= 11 is 0. The van der Waals surface area contributed by atoms with Crippen LogP contribution >= 0.6 is 0 Å². The molecule has 5 rings (SSSR count). The minimum atomic E-state index is -5.36. The van der Waals surface area contributed by atoms with E-state index in [1.165, 1.54) is 6.42 Å². The van der Waals surface area contributed by atoms with E-state index in [1.807, 2.05) is 12.1 Å². The zero-order chi connectivity index (χ0) is 30.8. The van der Waals surface area contributed by atoms with E-state index < -0.39 is 43.0 Å². The van der Waals surface area contributed by atoms with Crippen molar-refractivity contribution in [2.24, 2.45) is 0 Å². The molecule has 12 heteroatoms. The first-order chi connectivity index (χ1) is 20.3. The van der Waals surface area contributed by atoms with Crippen molar-refractivity contribution >= 4 is 20.2 Å². The third-order valence-corrected chi connectivity index (χ3v) is 11.5. The monoisotopic (exact) mass is 643 g/mol. The molecule has 0 aliphatic heterocycles. The lowest BCUT2D eigenvalue weighted by Crippen LogP contribution is -2.22. The van der Waals surface area contributed by atoms with Crippen LogP contribution < -0.4 is 8.92 Å². The second kappa shape index (κ2) is 13.0. The SMILES string of the molecule is O=S(=O)([O-])c1ccc(OS(=O)(=O)c2c(C3CCCCC3)cc(C3CCCCC3)cc2C2CCCCC2)cc1OC(F)(F)F.